The van der Waals surface area contributed by atoms with Gasteiger partial charge in [0.1, 0.15) is 12.1 Å². The van der Waals surface area contributed by atoms with Gasteiger partial charge in [-0.2, -0.15) is 0 Å². The number of Topliss-reactive ketones (excluding diaryl/α,β-unsaturated/α-hetero) is 1. The first kappa shape index (κ1) is 25.3. The highest BCUT2D eigenvalue weighted by Gasteiger charge is 2.02. The highest BCUT2D eigenvalue weighted by Crippen LogP contribution is 2.13. The molecular weight excluding hydrogens is 320 g/mol. The summed E-state index contributed by atoms with van der Waals surface area (Å²) in [5.74, 6) is 0.489. The lowest BCUT2D eigenvalue weighted by Gasteiger charge is -2.03. The maximum atomic E-state index is 11.9. The first-order valence-electron chi connectivity index (χ1n) is 11.8. The van der Waals surface area contributed by atoms with Gasteiger partial charge in [0.2, 0.25) is 0 Å². The molecule has 0 aliphatic heterocycles. The standard InChI is InChI=1S/C24H46O2/c1-2-3-4-5-6-9-12-15-18-21-24(26)22-19-16-13-10-7-8-11-14-17-20-23-25/h23H,2-22H2,1H3. The predicted octanol–water partition coefficient (Wildman–Crippen LogP) is 7.97. The molecule has 0 N–H and O–H groups in total. The number of carbonyl (C=O) groups is 2. The fourth-order valence-electron chi connectivity index (χ4n) is 3.55. The van der Waals surface area contributed by atoms with E-state index in [1.54, 1.807) is 0 Å². The van der Waals surface area contributed by atoms with Gasteiger partial charge in [-0.1, -0.05) is 103 Å². The van der Waals surface area contributed by atoms with Crippen LogP contribution in [0.15, 0.2) is 0 Å². The molecule has 0 aliphatic rings. The van der Waals surface area contributed by atoms with Crippen LogP contribution in [0.1, 0.15) is 142 Å². The van der Waals surface area contributed by atoms with Gasteiger partial charge in [-0.15, -0.1) is 0 Å². The number of carbonyl (C=O) groups excluding carboxylic acids is 2. The summed E-state index contributed by atoms with van der Waals surface area (Å²) in [6, 6.07) is 0. The summed E-state index contributed by atoms with van der Waals surface area (Å²) >= 11 is 0. The normalized spacial score (nSPS) is 11.0. The molecule has 0 spiro atoms. The summed E-state index contributed by atoms with van der Waals surface area (Å²) in [4.78, 5) is 22.1. The first-order chi connectivity index (χ1) is 12.8. The van der Waals surface area contributed by atoms with Crippen molar-refractivity contribution in [2.45, 2.75) is 142 Å². The predicted molar refractivity (Wildman–Crippen MR) is 114 cm³/mol. The van der Waals surface area contributed by atoms with Crippen molar-refractivity contribution in [2.75, 3.05) is 0 Å². The average Bonchev–Trinajstić information content (AvgIpc) is 2.64. The molecule has 0 aromatic carbocycles. The molecule has 0 unspecified atom stereocenters. The molecule has 0 fully saturated rings. The van der Waals surface area contributed by atoms with Gasteiger partial charge in [0.25, 0.3) is 0 Å². The Labute approximate surface area is 163 Å². The Kier molecular flexibility index (Phi) is 21.8. The molecule has 0 saturated heterocycles. The Morgan fingerprint density at radius 3 is 1.27 bits per heavy atom. The number of ketones is 1. The highest BCUT2D eigenvalue weighted by molar-refractivity contribution is 5.78. The van der Waals surface area contributed by atoms with Crippen LogP contribution in [-0.2, 0) is 9.59 Å². The second kappa shape index (κ2) is 22.4. The minimum absolute atomic E-state index is 0.489. The fourth-order valence-corrected chi connectivity index (χ4v) is 3.55. The summed E-state index contributed by atoms with van der Waals surface area (Å²) in [6.45, 7) is 2.26. The lowest BCUT2D eigenvalue weighted by Crippen LogP contribution is -1.97. The van der Waals surface area contributed by atoms with Gasteiger partial charge in [-0.3, -0.25) is 4.79 Å². The Bertz CT molecular complexity index is 299. The molecule has 0 aromatic rings. The van der Waals surface area contributed by atoms with Crippen molar-refractivity contribution in [3.63, 3.8) is 0 Å². The molecule has 0 bridgehead atoms. The first-order valence-corrected chi connectivity index (χ1v) is 11.8. The molecular formula is C24H46O2. The van der Waals surface area contributed by atoms with Crippen LogP contribution in [0.3, 0.4) is 0 Å². The topological polar surface area (TPSA) is 34.1 Å². The van der Waals surface area contributed by atoms with Gasteiger partial charge >= 0.3 is 0 Å². The number of hydrogen-bond acceptors (Lipinski definition) is 2. The monoisotopic (exact) mass is 366 g/mol. The molecule has 0 aliphatic carbocycles. The zero-order valence-electron chi connectivity index (χ0n) is 17.7. The lowest BCUT2D eigenvalue weighted by atomic mass is 10.0. The number of rotatable bonds is 22. The SMILES string of the molecule is CCCCCCCCCCCC(=O)CCCCCCCCCCCC=O. The summed E-state index contributed by atoms with van der Waals surface area (Å²) < 4.78 is 0. The second-order valence-electron chi connectivity index (χ2n) is 8.00. The molecule has 0 saturated carbocycles. The maximum Gasteiger partial charge on any atom is 0.132 e. The lowest BCUT2D eigenvalue weighted by molar-refractivity contribution is -0.119. The molecule has 0 amide bonds. The van der Waals surface area contributed by atoms with Crippen molar-refractivity contribution in [1.29, 1.82) is 0 Å². The smallest absolute Gasteiger partial charge is 0.132 e. The third-order valence-corrected chi connectivity index (χ3v) is 5.34. The van der Waals surface area contributed by atoms with E-state index in [0.29, 0.717) is 5.78 Å². The number of unbranched alkanes of at least 4 members (excludes halogenated alkanes) is 17. The third kappa shape index (κ3) is 21.4. The van der Waals surface area contributed by atoms with Gasteiger partial charge < -0.3 is 4.79 Å². The van der Waals surface area contributed by atoms with Crippen molar-refractivity contribution in [1.82, 2.24) is 0 Å². The number of hydrogen-bond donors (Lipinski definition) is 0. The molecule has 0 rings (SSSR count). The molecule has 2 nitrogen and oxygen atoms in total. The zero-order chi connectivity index (χ0) is 19.1. The van der Waals surface area contributed by atoms with Gasteiger partial charge in [-0.05, 0) is 19.3 Å². The van der Waals surface area contributed by atoms with E-state index in [1.807, 2.05) is 0 Å². The summed E-state index contributed by atoms with van der Waals surface area (Å²) in [5, 5.41) is 0. The van der Waals surface area contributed by atoms with Crippen LogP contribution in [0.25, 0.3) is 0 Å². The average molecular weight is 367 g/mol. The molecule has 0 atom stereocenters. The van der Waals surface area contributed by atoms with E-state index < -0.39 is 0 Å². The Morgan fingerprint density at radius 2 is 0.885 bits per heavy atom. The summed E-state index contributed by atoms with van der Waals surface area (Å²) in [6.07, 6.45) is 26.3. The van der Waals surface area contributed by atoms with Gasteiger partial charge in [0, 0.05) is 19.3 Å². The zero-order valence-corrected chi connectivity index (χ0v) is 17.7. The summed E-state index contributed by atoms with van der Waals surface area (Å²) in [7, 11) is 0. The minimum Gasteiger partial charge on any atom is -0.303 e. The third-order valence-electron chi connectivity index (χ3n) is 5.34. The van der Waals surface area contributed by atoms with Crippen LogP contribution in [0.2, 0.25) is 0 Å². The van der Waals surface area contributed by atoms with Crippen LogP contribution in [0, 0.1) is 0 Å². The van der Waals surface area contributed by atoms with Crippen LogP contribution in [0.4, 0.5) is 0 Å². The van der Waals surface area contributed by atoms with E-state index >= 15 is 0 Å². The maximum absolute atomic E-state index is 11.9. The largest absolute Gasteiger partial charge is 0.303 e. The van der Waals surface area contributed by atoms with Crippen molar-refractivity contribution < 1.29 is 9.59 Å². The van der Waals surface area contributed by atoms with Crippen molar-refractivity contribution in [3.05, 3.63) is 0 Å². The fraction of sp³-hybridized carbons (Fsp3) is 0.917. The van der Waals surface area contributed by atoms with E-state index in [9.17, 15) is 9.59 Å². The Hall–Kier alpha value is -0.660. The molecule has 0 heterocycles. The van der Waals surface area contributed by atoms with E-state index in [2.05, 4.69) is 6.92 Å². The highest BCUT2D eigenvalue weighted by atomic mass is 16.1. The van der Waals surface area contributed by atoms with Crippen LogP contribution in [0.5, 0.6) is 0 Å². The van der Waals surface area contributed by atoms with Crippen LogP contribution < -0.4 is 0 Å². The van der Waals surface area contributed by atoms with E-state index in [0.717, 1.165) is 44.8 Å². The Balaban J connectivity index is 3.14. The number of aldehydes is 1. The van der Waals surface area contributed by atoms with Gasteiger partial charge in [0.15, 0.2) is 0 Å². The van der Waals surface area contributed by atoms with Gasteiger partial charge in [0.05, 0.1) is 0 Å². The van der Waals surface area contributed by atoms with E-state index in [-0.39, 0.29) is 0 Å². The second-order valence-corrected chi connectivity index (χ2v) is 8.00. The van der Waals surface area contributed by atoms with Crippen LogP contribution >= 0.6 is 0 Å². The minimum atomic E-state index is 0.489. The molecule has 26 heavy (non-hydrogen) atoms. The quantitative estimate of drug-likeness (QED) is 0.144. The van der Waals surface area contributed by atoms with Gasteiger partial charge in [-0.25, -0.2) is 0 Å². The molecule has 0 aromatic heterocycles. The van der Waals surface area contributed by atoms with Crippen molar-refractivity contribution >= 4 is 12.1 Å². The van der Waals surface area contributed by atoms with Crippen molar-refractivity contribution in [3.8, 4) is 0 Å². The molecule has 154 valence electrons. The van der Waals surface area contributed by atoms with E-state index in [1.165, 1.54) is 96.3 Å². The molecule has 0 radical (unpaired) electrons. The van der Waals surface area contributed by atoms with E-state index in [4.69, 9.17) is 0 Å². The molecule has 2 heteroatoms. The summed E-state index contributed by atoms with van der Waals surface area (Å²) in [5.41, 5.74) is 0. The Morgan fingerprint density at radius 1 is 0.538 bits per heavy atom. The van der Waals surface area contributed by atoms with Crippen LogP contribution in [-0.4, -0.2) is 12.1 Å². The van der Waals surface area contributed by atoms with Crippen molar-refractivity contribution in [2.24, 2.45) is 0 Å².